The monoisotopic (exact) mass is 468 g/mol. The molecule has 6 heteroatoms. The van der Waals surface area contributed by atoms with Gasteiger partial charge in [-0.05, 0) is 25.0 Å². The third-order valence-corrected chi connectivity index (χ3v) is 9.13. The van der Waals surface area contributed by atoms with E-state index in [1.54, 1.807) is 31.4 Å². The molecule has 0 spiro atoms. The number of methoxy groups -OCH3 is 1. The third kappa shape index (κ3) is 8.44. The predicted molar refractivity (Wildman–Crippen MR) is 130 cm³/mol. The van der Waals surface area contributed by atoms with Gasteiger partial charge in [0.1, 0.15) is 11.5 Å². The molecule has 0 heterocycles. The first-order chi connectivity index (χ1) is 15.6. The lowest BCUT2D eigenvalue weighted by Gasteiger charge is -2.19. The summed E-state index contributed by atoms with van der Waals surface area (Å²) in [4.78, 5) is 0.398. The molecule has 1 aliphatic rings. The molecule has 0 bridgehead atoms. The van der Waals surface area contributed by atoms with E-state index < -0.39 is 14.6 Å². The fraction of sp³-hybridized carbons (Fsp3) is 0.769. The molecule has 5 nitrogen and oxygen atoms in total. The zero-order chi connectivity index (χ0) is 23.1. The Kier molecular flexibility index (Phi) is 12.8. The minimum atomic E-state index is -3.44. The SMILES string of the molecule is CCCCCCCCCCCCCC1(S(=O)(=O)c2ccccc2)CC1OCOCCOC. The van der Waals surface area contributed by atoms with E-state index in [1.807, 2.05) is 6.07 Å². The van der Waals surface area contributed by atoms with Crippen LogP contribution in [0.1, 0.15) is 90.4 Å². The van der Waals surface area contributed by atoms with Crippen LogP contribution >= 0.6 is 0 Å². The average Bonchev–Trinajstić information content (AvgIpc) is 3.52. The van der Waals surface area contributed by atoms with E-state index in [1.165, 1.54) is 57.8 Å². The van der Waals surface area contributed by atoms with Gasteiger partial charge in [-0.15, -0.1) is 0 Å². The maximum atomic E-state index is 13.4. The van der Waals surface area contributed by atoms with Crippen LogP contribution in [0.2, 0.25) is 0 Å². The fourth-order valence-corrected chi connectivity index (χ4v) is 6.58. The Bertz CT molecular complexity index is 706. The minimum Gasteiger partial charge on any atom is -0.382 e. The van der Waals surface area contributed by atoms with Gasteiger partial charge in [0.25, 0.3) is 0 Å². The van der Waals surface area contributed by atoms with Crippen molar-refractivity contribution in [2.45, 2.75) is 106 Å². The second-order valence-corrected chi connectivity index (χ2v) is 11.3. The molecule has 0 aliphatic heterocycles. The van der Waals surface area contributed by atoms with Gasteiger partial charge in [-0.25, -0.2) is 8.42 Å². The van der Waals surface area contributed by atoms with Crippen LogP contribution in [0.4, 0.5) is 0 Å². The van der Waals surface area contributed by atoms with Gasteiger partial charge < -0.3 is 14.2 Å². The molecule has 1 aromatic carbocycles. The second kappa shape index (κ2) is 15.0. The Hall–Kier alpha value is -0.950. The van der Waals surface area contributed by atoms with E-state index in [0.717, 1.165) is 12.8 Å². The van der Waals surface area contributed by atoms with Gasteiger partial charge in [0, 0.05) is 7.11 Å². The van der Waals surface area contributed by atoms with Gasteiger partial charge in [-0.3, -0.25) is 0 Å². The third-order valence-electron chi connectivity index (χ3n) is 6.53. The molecule has 2 rings (SSSR count). The molecule has 1 saturated carbocycles. The molecule has 2 unspecified atom stereocenters. The molecule has 184 valence electrons. The van der Waals surface area contributed by atoms with Crippen molar-refractivity contribution in [3.63, 3.8) is 0 Å². The maximum Gasteiger partial charge on any atom is 0.186 e. The van der Waals surface area contributed by atoms with Crippen LogP contribution in [0.15, 0.2) is 35.2 Å². The molecule has 1 fully saturated rings. The topological polar surface area (TPSA) is 61.8 Å². The first kappa shape index (κ1) is 27.3. The van der Waals surface area contributed by atoms with Crippen LogP contribution in [0.3, 0.4) is 0 Å². The van der Waals surface area contributed by atoms with Gasteiger partial charge in [0.2, 0.25) is 0 Å². The number of benzene rings is 1. The van der Waals surface area contributed by atoms with Crippen molar-refractivity contribution in [1.29, 1.82) is 0 Å². The Morgan fingerprint density at radius 2 is 1.47 bits per heavy atom. The largest absolute Gasteiger partial charge is 0.382 e. The molecule has 1 aromatic rings. The average molecular weight is 469 g/mol. The summed E-state index contributed by atoms with van der Waals surface area (Å²) in [5, 5.41) is 0. The number of sulfone groups is 1. The summed E-state index contributed by atoms with van der Waals surface area (Å²) in [5.41, 5.74) is 0. The van der Waals surface area contributed by atoms with Crippen LogP contribution in [0, 0.1) is 0 Å². The zero-order valence-corrected chi connectivity index (χ0v) is 21.0. The van der Waals surface area contributed by atoms with E-state index >= 15 is 0 Å². The number of ether oxygens (including phenoxy) is 3. The lowest BCUT2D eigenvalue weighted by atomic mass is 10.0. The highest BCUT2D eigenvalue weighted by Crippen LogP contribution is 2.52. The smallest absolute Gasteiger partial charge is 0.186 e. The lowest BCUT2D eigenvalue weighted by Crippen LogP contribution is -2.29. The van der Waals surface area contributed by atoms with Crippen molar-refractivity contribution in [1.82, 2.24) is 0 Å². The fourth-order valence-electron chi connectivity index (χ4n) is 4.40. The Morgan fingerprint density at radius 1 is 0.875 bits per heavy atom. The van der Waals surface area contributed by atoms with Gasteiger partial charge >= 0.3 is 0 Å². The van der Waals surface area contributed by atoms with Crippen molar-refractivity contribution >= 4 is 9.84 Å². The van der Waals surface area contributed by atoms with Crippen LogP contribution in [0.5, 0.6) is 0 Å². The zero-order valence-electron chi connectivity index (χ0n) is 20.2. The van der Waals surface area contributed by atoms with E-state index in [9.17, 15) is 8.42 Å². The summed E-state index contributed by atoms with van der Waals surface area (Å²) >= 11 is 0. The molecule has 0 N–H and O–H groups in total. The van der Waals surface area contributed by atoms with Gasteiger partial charge in [0.15, 0.2) is 9.84 Å². The van der Waals surface area contributed by atoms with Gasteiger partial charge in [-0.1, -0.05) is 95.8 Å². The first-order valence-electron chi connectivity index (χ1n) is 12.6. The highest BCUT2D eigenvalue weighted by molar-refractivity contribution is 7.93. The van der Waals surface area contributed by atoms with E-state index in [-0.39, 0.29) is 12.9 Å². The van der Waals surface area contributed by atoms with Crippen LogP contribution < -0.4 is 0 Å². The van der Waals surface area contributed by atoms with Crippen molar-refractivity contribution in [3.05, 3.63) is 30.3 Å². The molecule has 0 amide bonds. The Balaban J connectivity index is 1.76. The molecular weight excluding hydrogens is 424 g/mol. The van der Waals surface area contributed by atoms with Crippen LogP contribution in [0.25, 0.3) is 0 Å². The molecule has 2 atom stereocenters. The van der Waals surface area contributed by atoms with Gasteiger partial charge in [0.05, 0.1) is 24.2 Å². The highest BCUT2D eigenvalue weighted by atomic mass is 32.2. The van der Waals surface area contributed by atoms with Crippen LogP contribution in [-0.4, -0.2) is 46.4 Å². The molecule has 0 radical (unpaired) electrons. The highest BCUT2D eigenvalue weighted by Gasteiger charge is 2.64. The molecule has 0 aromatic heterocycles. The van der Waals surface area contributed by atoms with E-state index in [2.05, 4.69) is 6.92 Å². The number of hydrogen-bond acceptors (Lipinski definition) is 5. The predicted octanol–water partition coefficient (Wildman–Crippen LogP) is 6.31. The summed E-state index contributed by atoms with van der Waals surface area (Å²) in [6, 6.07) is 8.81. The van der Waals surface area contributed by atoms with Crippen molar-refractivity contribution < 1.29 is 22.6 Å². The maximum absolute atomic E-state index is 13.4. The lowest BCUT2D eigenvalue weighted by molar-refractivity contribution is -0.0749. The van der Waals surface area contributed by atoms with Crippen LogP contribution in [-0.2, 0) is 24.0 Å². The summed E-state index contributed by atoms with van der Waals surface area (Å²) < 4.78 is 42.2. The van der Waals surface area contributed by atoms with Crippen molar-refractivity contribution in [2.24, 2.45) is 0 Å². The molecule has 0 saturated heterocycles. The molecule has 1 aliphatic carbocycles. The summed E-state index contributed by atoms with van der Waals surface area (Å²) in [5.74, 6) is 0. The summed E-state index contributed by atoms with van der Waals surface area (Å²) in [7, 11) is -1.82. The quantitative estimate of drug-likeness (QED) is 0.166. The summed E-state index contributed by atoms with van der Waals surface area (Å²) in [6.45, 7) is 3.31. The number of hydrogen-bond donors (Lipinski definition) is 0. The normalized spacial score (nSPS) is 20.5. The second-order valence-electron chi connectivity index (χ2n) is 9.05. The number of rotatable bonds is 20. The first-order valence-corrected chi connectivity index (χ1v) is 14.0. The Morgan fingerprint density at radius 3 is 2.06 bits per heavy atom. The van der Waals surface area contributed by atoms with Crippen molar-refractivity contribution in [2.75, 3.05) is 27.1 Å². The van der Waals surface area contributed by atoms with Gasteiger partial charge in [-0.2, -0.15) is 0 Å². The number of unbranched alkanes of at least 4 members (excludes halogenated alkanes) is 10. The van der Waals surface area contributed by atoms with E-state index in [0.29, 0.717) is 31.0 Å². The summed E-state index contributed by atoms with van der Waals surface area (Å²) in [6.07, 6.45) is 14.7. The van der Waals surface area contributed by atoms with E-state index in [4.69, 9.17) is 14.2 Å². The Labute approximate surface area is 196 Å². The van der Waals surface area contributed by atoms with Crippen molar-refractivity contribution in [3.8, 4) is 0 Å². The molecule has 32 heavy (non-hydrogen) atoms. The minimum absolute atomic E-state index is 0.109. The molecular formula is C26H44O5S. The standard InChI is InChI=1S/C26H44O5S/c1-3-4-5-6-7-8-9-10-11-12-16-19-26(22-25(26)31-23-30-21-20-29-2)32(27,28)24-17-14-13-15-18-24/h13-15,17-18,25H,3-12,16,19-23H2,1-2H3.